The monoisotopic (exact) mass is 249 g/mol. The first-order valence-electron chi connectivity index (χ1n) is 6.07. The van der Waals surface area contributed by atoms with E-state index < -0.39 is 0 Å². The summed E-state index contributed by atoms with van der Waals surface area (Å²) < 4.78 is 3.79. The molecule has 0 aliphatic rings. The molecule has 4 rings (SSSR count). The average molecular weight is 249 g/mol. The van der Waals surface area contributed by atoms with E-state index >= 15 is 0 Å². The molecule has 5 nitrogen and oxygen atoms in total. The van der Waals surface area contributed by atoms with Gasteiger partial charge in [0.05, 0.1) is 11.7 Å². The largest absolute Gasteiger partial charge is 0.298 e. The van der Waals surface area contributed by atoms with E-state index in [2.05, 4.69) is 15.1 Å². The summed E-state index contributed by atoms with van der Waals surface area (Å²) in [4.78, 5) is 8.89. The minimum Gasteiger partial charge on any atom is -0.298 e. The van der Waals surface area contributed by atoms with Gasteiger partial charge in [0.2, 0.25) is 0 Å². The lowest BCUT2D eigenvalue weighted by molar-refractivity contribution is 0.926. The van der Waals surface area contributed by atoms with Crippen molar-refractivity contribution in [1.82, 2.24) is 24.0 Å². The Kier molecular flexibility index (Phi) is 1.97. The van der Waals surface area contributed by atoms with Crippen molar-refractivity contribution in [3.05, 3.63) is 54.6 Å². The van der Waals surface area contributed by atoms with Crippen molar-refractivity contribution in [1.29, 1.82) is 0 Å². The zero-order valence-electron chi connectivity index (χ0n) is 10.4. The fraction of sp³-hybridized carbons (Fsp3) is 0.0714. The molecule has 19 heavy (non-hydrogen) atoms. The Hall–Kier alpha value is -2.69. The van der Waals surface area contributed by atoms with Crippen LogP contribution in [0.15, 0.2) is 48.9 Å². The molecule has 0 atom stereocenters. The molecule has 4 aromatic rings. The number of nitrogens with zero attached hydrogens (tertiary/aromatic N) is 5. The second-order valence-electron chi connectivity index (χ2n) is 4.48. The van der Waals surface area contributed by atoms with Crippen LogP contribution in [0.4, 0.5) is 0 Å². The normalized spacial score (nSPS) is 11.4. The van der Waals surface area contributed by atoms with Gasteiger partial charge < -0.3 is 0 Å². The standard InChI is InChI=1S/C14H11N5/c1-10-5-7-19-13(16-10)8-12(17-19)14-15-9-11-4-2-3-6-18(11)14/h2-9H,1H3. The Morgan fingerprint density at radius 3 is 3.00 bits per heavy atom. The maximum absolute atomic E-state index is 4.52. The summed E-state index contributed by atoms with van der Waals surface area (Å²) >= 11 is 0. The summed E-state index contributed by atoms with van der Waals surface area (Å²) in [6.45, 7) is 1.97. The second kappa shape index (κ2) is 3.65. The molecular formula is C14H11N5. The van der Waals surface area contributed by atoms with Crippen LogP contribution in [-0.2, 0) is 0 Å². The molecule has 0 aromatic carbocycles. The lowest BCUT2D eigenvalue weighted by Gasteiger charge is -1.96. The Balaban J connectivity index is 1.99. The van der Waals surface area contributed by atoms with E-state index in [-0.39, 0.29) is 0 Å². The van der Waals surface area contributed by atoms with Crippen molar-refractivity contribution >= 4 is 11.2 Å². The molecule has 0 aliphatic heterocycles. The van der Waals surface area contributed by atoms with E-state index in [1.54, 1.807) is 4.52 Å². The number of hydrogen-bond acceptors (Lipinski definition) is 3. The van der Waals surface area contributed by atoms with Gasteiger partial charge in [-0.1, -0.05) is 6.07 Å². The van der Waals surface area contributed by atoms with Crippen molar-refractivity contribution in [3.63, 3.8) is 0 Å². The predicted molar refractivity (Wildman–Crippen MR) is 71.9 cm³/mol. The highest BCUT2D eigenvalue weighted by Gasteiger charge is 2.10. The zero-order valence-corrected chi connectivity index (χ0v) is 10.4. The number of pyridine rings is 1. The molecule has 0 fully saturated rings. The number of aromatic nitrogens is 5. The predicted octanol–water partition coefficient (Wildman–Crippen LogP) is 2.35. The highest BCUT2D eigenvalue weighted by Crippen LogP contribution is 2.19. The van der Waals surface area contributed by atoms with Gasteiger partial charge in [0.1, 0.15) is 5.69 Å². The number of fused-ring (bicyclic) bond motifs is 2. The number of hydrogen-bond donors (Lipinski definition) is 0. The van der Waals surface area contributed by atoms with Crippen LogP contribution in [-0.4, -0.2) is 24.0 Å². The summed E-state index contributed by atoms with van der Waals surface area (Å²) in [5.74, 6) is 0.832. The highest BCUT2D eigenvalue weighted by molar-refractivity contribution is 5.62. The van der Waals surface area contributed by atoms with Gasteiger partial charge in [-0.3, -0.25) is 4.40 Å². The fourth-order valence-electron chi connectivity index (χ4n) is 2.22. The van der Waals surface area contributed by atoms with Crippen molar-refractivity contribution in [2.45, 2.75) is 6.92 Å². The molecule has 0 spiro atoms. The summed E-state index contributed by atoms with van der Waals surface area (Å²) in [5.41, 5.74) is 3.69. The Labute approximate surface area is 109 Å². The van der Waals surface area contributed by atoms with Crippen LogP contribution >= 0.6 is 0 Å². The topological polar surface area (TPSA) is 47.5 Å². The number of aryl methyl sites for hydroxylation is 1. The van der Waals surface area contributed by atoms with E-state index in [0.717, 1.165) is 28.4 Å². The highest BCUT2D eigenvalue weighted by atomic mass is 15.3. The van der Waals surface area contributed by atoms with Crippen LogP contribution in [0.5, 0.6) is 0 Å². The average Bonchev–Trinajstić information content (AvgIpc) is 3.00. The van der Waals surface area contributed by atoms with Crippen molar-refractivity contribution in [3.8, 4) is 11.5 Å². The molecular weight excluding hydrogens is 238 g/mol. The first-order chi connectivity index (χ1) is 9.31. The van der Waals surface area contributed by atoms with Gasteiger partial charge in [-0.15, -0.1) is 0 Å². The first kappa shape index (κ1) is 10.3. The van der Waals surface area contributed by atoms with E-state index in [9.17, 15) is 0 Å². The van der Waals surface area contributed by atoms with Crippen LogP contribution < -0.4 is 0 Å². The minimum absolute atomic E-state index is 0.823. The smallest absolute Gasteiger partial charge is 0.165 e. The molecule has 0 amide bonds. The van der Waals surface area contributed by atoms with Crippen LogP contribution in [0.25, 0.3) is 22.7 Å². The molecule has 0 saturated carbocycles. The van der Waals surface area contributed by atoms with Crippen molar-refractivity contribution < 1.29 is 0 Å². The Bertz CT molecular complexity index is 887. The van der Waals surface area contributed by atoms with Gasteiger partial charge >= 0.3 is 0 Å². The van der Waals surface area contributed by atoms with Crippen molar-refractivity contribution in [2.75, 3.05) is 0 Å². The molecule has 0 radical (unpaired) electrons. The van der Waals surface area contributed by atoms with E-state index in [1.807, 2.05) is 60.2 Å². The summed E-state index contributed by atoms with van der Waals surface area (Å²) in [6.07, 6.45) is 5.75. The third-order valence-electron chi connectivity index (χ3n) is 3.13. The molecule has 0 aliphatic carbocycles. The van der Waals surface area contributed by atoms with Gasteiger partial charge in [-0.05, 0) is 25.1 Å². The Morgan fingerprint density at radius 1 is 1.11 bits per heavy atom. The minimum atomic E-state index is 0.823. The van der Waals surface area contributed by atoms with E-state index in [4.69, 9.17) is 0 Å². The molecule has 0 unspecified atom stereocenters. The first-order valence-corrected chi connectivity index (χ1v) is 6.07. The van der Waals surface area contributed by atoms with E-state index in [0.29, 0.717) is 0 Å². The lowest BCUT2D eigenvalue weighted by atomic mass is 10.4. The van der Waals surface area contributed by atoms with Gasteiger partial charge in [0.25, 0.3) is 0 Å². The quantitative estimate of drug-likeness (QED) is 0.520. The van der Waals surface area contributed by atoms with Gasteiger partial charge in [-0.25, -0.2) is 14.5 Å². The molecule has 92 valence electrons. The van der Waals surface area contributed by atoms with Crippen LogP contribution in [0.1, 0.15) is 5.69 Å². The fourth-order valence-corrected chi connectivity index (χ4v) is 2.22. The number of imidazole rings is 1. The molecule has 0 N–H and O–H groups in total. The van der Waals surface area contributed by atoms with Crippen molar-refractivity contribution in [2.24, 2.45) is 0 Å². The van der Waals surface area contributed by atoms with Crippen LogP contribution in [0.2, 0.25) is 0 Å². The second-order valence-corrected chi connectivity index (χ2v) is 4.48. The zero-order chi connectivity index (χ0) is 12.8. The van der Waals surface area contributed by atoms with E-state index in [1.165, 1.54) is 0 Å². The molecule has 0 bridgehead atoms. The Morgan fingerprint density at radius 2 is 2.05 bits per heavy atom. The SMILES string of the molecule is Cc1ccn2nc(-c3ncc4ccccn34)cc2n1. The molecule has 4 aromatic heterocycles. The third-order valence-corrected chi connectivity index (χ3v) is 3.13. The third kappa shape index (κ3) is 1.52. The molecule has 5 heteroatoms. The summed E-state index contributed by atoms with van der Waals surface area (Å²) in [6, 6.07) is 9.89. The lowest BCUT2D eigenvalue weighted by Crippen LogP contribution is -1.92. The van der Waals surface area contributed by atoms with Gasteiger partial charge in [-0.2, -0.15) is 5.10 Å². The maximum Gasteiger partial charge on any atom is 0.165 e. The summed E-state index contributed by atoms with van der Waals surface area (Å²) in [5, 5.41) is 4.52. The van der Waals surface area contributed by atoms with Gasteiger partial charge in [0.15, 0.2) is 11.5 Å². The van der Waals surface area contributed by atoms with Crippen LogP contribution in [0, 0.1) is 6.92 Å². The maximum atomic E-state index is 4.52. The van der Waals surface area contributed by atoms with Crippen LogP contribution in [0.3, 0.4) is 0 Å². The van der Waals surface area contributed by atoms with Gasteiger partial charge in [0, 0.05) is 24.2 Å². The summed E-state index contributed by atoms with van der Waals surface area (Å²) in [7, 11) is 0. The number of rotatable bonds is 1. The molecule has 0 saturated heterocycles. The molecule has 4 heterocycles.